The second-order valence-corrected chi connectivity index (χ2v) is 11.6. The zero-order valence-corrected chi connectivity index (χ0v) is 24.2. The quantitative estimate of drug-likeness (QED) is 0.210. The molecule has 0 unspecified atom stereocenters. The molecule has 0 atom stereocenters. The topological polar surface area (TPSA) is 35.9 Å². The molecule has 0 bridgehead atoms. The summed E-state index contributed by atoms with van der Waals surface area (Å²) in [7, 11) is 0. The van der Waals surface area contributed by atoms with E-state index in [0.717, 1.165) is 55.6 Å². The smallest absolute Gasteiger partial charge is 0.137 e. The minimum Gasteiger partial charge on any atom is -0.456 e. The van der Waals surface area contributed by atoms with Crippen LogP contribution >= 0.6 is 0 Å². The Morgan fingerprint density at radius 1 is 0.400 bits per heavy atom. The number of para-hydroxylation sites is 4. The Bertz CT molecular complexity index is 2650. The fourth-order valence-corrected chi connectivity index (χ4v) is 7.14. The van der Waals surface area contributed by atoms with Gasteiger partial charge in [-0.15, -0.1) is 0 Å². The molecule has 10 rings (SSSR count). The van der Waals surface area contributed by atoms with Crippen LogP contribution in [-0.4, -0.2) is 14.1 Å². The first-order valence-electron chi connectivity index (χ1n) is 15.2. The number of furan rings is 1. The highest BCUT2D eigenvalue weighted by Gasteiger charge is 2.16. The van der Waals surface area contributed by atoms with E-state index in [1.54, 1.807) is 0 Å². The minimum absolute atomic E-state index is 0.878. The van der Waals surface area contributed by atoms with Gasteiger partial charge in [0.05, 0.1) is 22.1 Å². The number of rotatable bonds is 3. The van der Waals surface area contributed by atoms with Crippen LogP contribution in [0.2, 0.25) is 0 Å². The molecule has 10 aromatic rings. The number of fused-ring (bicyclic) bond motifs is 9. The third kappa shape index (κ3) is 3.51. The molecule has 4 aromatic heterocycles. The fraction of sp³-hybridized carbons (Fsp3) is 0. The van der Waals surface area contributed by atoms with Gasteiger partial charge >= 0.3 is 0 Å². The first kappa shape index (κ1) is 24.3. The van der Waals surface area contributed by atoms with Gasteiger partial charge in [-0.25, -0.2) is 4.98 Å². The molecule has 0 aliphatic rings. The molecule has 0 saturated heterocycles. The Kier molecular flexibility index (Phi) is 4.96. The fourth-order valence-electron chi connectivity index (χ4n) is 7.14. The van der Waals surface area contributed by atoms with Crippen molar-refractivity contribution in [2.45, 2.75) is 0 Å². The van der Waals surface area contributed by atoms with E-state index in [9.17, 15) is 0 Å². The maximum Gasteiger partial charge on any atom is 0.137 e. The summed E-state index contributed by atoms with van der Waals surface area (Å²) in [4.78, 5) is 4.97. The summed E-state index contributed by atoms with van der Waals surface area (Å²) in [6.45, 7) is 0. The van der Waals surface area contributed by atoms with Crippen LogP contribution in [0.15, 0.2) is 156 Å². The van der Waals surface area contributed by atoms with Crippen molar-refractivity contribution >= 4 is 65.6 Å². The summed E-state index contributed by atoms with van der Waals surface area (Å²) >= 11 is 0. The molecule has 0 N–H and O–H groups in total. The van der Waals surface area contributed by atoms with Gasteiger partial charge in [0, 0.05) is 49.8 Å². The van der Waals surface area contributed by atoms with Gasteiger partial charge < -0.3 is 8.98 Å². The molecular weight excluding hydrogens is 550 g/mol. The minimum atomic E-state index is 0.878. The lowest BCUT2D eigenvalue weighted by atomic mass is 10.0. The van der Waals surface area contributed by atoms with Crippen molar-refractivity contribution in [3.05, 3.63) is 152 Å². The molecule has 4 heterocycles. The van der Waals surface area contributed by atoms with Gasteiger partial charge in [0.15, 0.2) is 0 Å². The first-order chi connectivity index (χ1) is 22.3. The Balaban J connectivity index is 1.10. The molecular formula is C41H25N3O. The van der Waals surface area contributed by atoms with E-state index in [-0.39, 0.29) is 0 Å². The monoisotopic (exact) mass is 575 g/mol. The predicted molar refractivity (Wildman–Crippen MR) is 186 cm³/mol. The zero-order chi connectivity index (χ0) is 29.5. The van der Waals surface area contributed by atoms with E-state index in [4.69, 9.17) is 9.40 Å². The molecule has 0 radical (unpaired) electrons. The van der Waals surface area contributed by atoms with Crippen LogP contribution in [0, 0.1) is 0 Å². The molecule has 45 heavy (non-hydrogen) atoms. The second-order valence-electron chi connectivity index (χ2n) is 11.6. The summed E-state index contributed by atoms with van der Waals surface area (Å²) in [6.07, 6.45) is 1.98. The largest absolute Gasteiger partial charge is 0.456 e. The summed E-state index contributed by atoms with van der Waals surface area (Å²) in [5.74, 6) is 0.904. The molecule has 0 aliphatic heterocycles. The van der Waals surface area contributed by atoms with Crippen molar-refractivity contribution in [2.75, 3.05) is 0 Å². The summed E-state index contributed by atoms with van der Waals surface area (Å²) < 4.78 is 10.9. The van der Waals surface area contributed by atoms with Crippen LogP contribution in [0.4, 0.5) is 0 Å². The van der Waals surface area contributed by atoms with Crippen LogP contribution in [0.1, 0.15) is 0 Å². The number of nitrogens with zero attached hydrogens (tertiary/aromatic N) is 3. The highest BCUT2D eigenvalue weighted by molar-refractivity contribution is 6.11. The Hall–Kier alpha value is -6.13. The van der Waals surface area contributed by atoms with Gasteiger partial charge in [0.25, 0.3) is 0 Å². The normalized spacial score (nSPS) is 12.0. The predicted octanol–water partition coefficient (Wildman–Crippen LogP) is 10.8. The van der Waals surface area contributed by atoms with Gasteiger partial charge in [-0.05, 0) is 72.3 Å². The molecule has 0 saturated carbocycles. The Morgan fingerprint density at radius 2 is 0.889 bits per heavy atom. The van der Waals surface area contributed by atoms with Crippen molar-refractivity contribution in [3.8, 4) is 22.6 Å². The van der Waals surface area contributed by atoms with Crippen LogP contribution < -0.4 is 0 Å². The molecule has 0 fully saturated rings. The molecule has 4 nitrogen and oxygen atoms in total. The average Bonchev–Trinajstić information content (AvgIpc) is 3.75. The highest BCUT2D eigenvalue weighted by Crippen LogP contribution is 2.37. The molecule has 210 valence electrons. The molecule has 6 aromatic carbocycles. The van der Waals surface area contributed by atoms with E-state index >= 15 is 0 Å². The van der Waals surface area contributed by atoms with Gasteiger partial charge in [-0.2, -0.15) is 0 Å². The number of pyridine rings is 1. The SMILES string of the molecule is c1ccc2c(c1)c1ccccc1n2-c1ccc2oc3ccc(-c4ccc(-n5c6ccccc6c6ccccc65)nc4)cc3c2c1. The number of benzene rings is 6. The maximum atomic E-state index is 6.31. The Labute approximate surface area is 258 Å². The molecule has 0 spiro atoms. The van der Waals surface area contributed by atoms with Crippen LogP contribution in [0.3, 0.4) is 0 Å². The van der Waals surface area contributed by atoms with E-state index in [1.807, 2.05) is 6.20 Å². The number of hydrogen-bond acceptors (Lipinski definition) is 2. The van der Waals surface area contributed by atoms with Gasteiger partial charge in [-0.1, -0.05) is 78.9 Å². The van der Waals surface area contributed by atoms with Gasteiger partial charge in [-0.3, -0.25) is 4.57 Å². The van der Waals surface area contributed by atoms with Crippen LogP contribution in [-0.2, 0) is 0 Å². The molecule has 0 amide bonds. The van der Waals surface area contributed by atoms with E-state index in [0.29, 0.717) is 0 Å². The number of aromatic nitrogens is 3. The van der Waals surface area contributed by atoms with Crippen molar-refractivity contribution in [2.24, 2.45) is 0 Å². The average molecular weight is 576 g/mol. The van der Waals surface area contributed by atoms with E-state index < -0.39 is 0 Å². The van der Waals surface area contributed by atoms with Crippen LogP contribution in [0.25, 0.3) is 88.2 Å². The van der Waals surface area contributed by atoms with Crippen molar-refractivity contribution in [1.29, 1.82) is 0 Å². The highest BCUT2D eigenvalue weighted by atomic mass is 16.3. The van der Waals surface area contributed by atoms with Crippen LogP contribution in [0.5, 0.6) is 0 Å². The first-order valence-corrected chi connectivity index (χ1v) is 15.2. The van der Waals surface area contributed by atoms with E-state index in [1.165, 1.54) is 32.6 Å². The standard InChI is InChI=1S/C41H25N3O/c1-5-13-35-29(9-1)30-10-2-6-14-36(30)43(35)28-19-21-40-34(24-28)33-23-26(17-20-39(33)45-40)27-18-22-41(42-25-27)44-37-15-7-3-11-31(37)32-12-4-8-16-38(32)44/h1-25H. The van der Waals surface area contributed by atoms with E-state index in [2.05, 4.69) is 155 Å². The number of hydrogen-bond donors (Lipinski definition) is 0. The maximum absolute atomic E-state index is 6.31. The molecule has 0 aliphatic carbocycles. The lowest BCUT2D eigenvalue weighted by Gasteiger charge is -2.09. The third-order valence-electron chi connectivity index (χ3n) is 9.18. The van der Waals surface area contributed by atoms with Gasteiger partial charge in [0.2, 0.25) is 0 Å². The summed E-state index contributed by atoms with van der Waals surface area (Å²) in [6, 6.07) is 51.5. The summed E-state index contributed by atoms with van der Waals surface area (Å²) in [5, 5.41) is 7.17. The lowest BCUT2D eigenvalue weighted by Crippen LogP contribution is -1.97. The lowest BCUT2D eigenvalue weighted by molar-refractivity contribution is 0.669. The molecule has 4 heteroatoms. The zero-order valence-electron chi connectivity index (χ0n) is 24.2. The van der Waals surface area contributed by atoms with Crippen molar-refractivity contribution < 1.29 is 4.42 Å². The van der Waals surface area contributed by atoms with Gasteiger partial charge in [0.1, 0.15) is 17.0 Å². The summed E-state index contributed by atoms with van der Waals surface area (Å²) in [5.41, 5.74) is 9.75. The third-order valence-corrected chi connectivity index (χ3v) is 9.18. The Morgan fingerprint density at radius 3 is 1.44 bits per heavy atom. The van der Waals surface area contributed by atoms with Crippen molar-refractivity contribution in [1.82, 2.24) is 14.1 Å². The van der Waals surface area contributed by atoms with Crippen molar-refractivity contribution in [3.63, 3.8) is 0 Å². The second kappa shape index (κ2) is 9.18.